The van der Waals surface area contributed by atoms with Crippen molar-refractivity contribution in [1.82, 2.24) is 15.5 Å². The van der Waals surface area contributed by atoms with Gasteiger partial charge in [-0.25, -0.2) is 4.99 Å². The minimum atomic E-state index is 0.0707. The monoisotopic (exact) mass is 346 g/mol. The van der Waals surface area contributed by atoms with Gasteiger partial charge in [-0.1, -0.05) is 31.2 Å². The van der Waals surface area contributed by atoms with Gasteiger partial charge < -0.3 is 15.4 Å². The summed E-state index contributed by atoms with van der Waals surface area (Å²) in [5.74, 6) is 0.884. The first kappa shape index (κ1) is 19.7. The molecule has 1 aromatic carbocycles. The Morgan fingerprint density at radius 2 is 1.80 bits per heavy atom. The Labute approximate surface area is 152 Å². The summed E-state index contributed by atoms with van der Waals surface area (Å²) in [7, 11) is 0. The number of hydrogen-bond donors (Lipinski definition) is 2. The lowest BCUT2D eigenvalue weighted by Gasteiger charge is -2.41. The van der Waals surface area contributed by atoms with Gasteiger partial charge in [0.2, 0.25) is 0 Å². The van der Waals surface area contributed by atoms with Gasteiger partial charge >= 0.3 is 0 Å². The van der Waals surface area contributed by atoms with E-state index in [1.807, 2.05) is 0 Å². The molecule has 0 unspecified atom stereocenters. The number of benzene rings is 1. The Morgan fingerprint density at radius 3 is 2.44 bits per heavy atom. The zero-order valence-electron chi connectivity index (χ0n) is 16.3. The molecule has 140 valence electrons. The number of rotatable bonds is 7. The van der Waals surface area contributed by atoms with E-state index in [4.69, 9.17) is 9.73 Å². The summed E-state index contributed by atoms with van der Waals surface area (Å²) >= 11 is 0. The maximum atomic E-state index is 5.47. The average molecular weight is 347 g/mol. The van der Waals surface area contributed by atoms with Gasteiger partial charge in [0.15, 0.2) is 5.96 Å². The number of aryl methyl sites for hydroxylation is 1. The molecule has 0 radical (unpaired) electrons. The Hall–Kier alpha value is -1.59. The molecule has 5 heteroatoms. The van der Waals surface area contributed by atoms with Gasteiger partial charge in [-0.3, -0.25) is 4.90 Å². The van der Waals surface area contributed by atoms with Crippen molar-refractivity contribution in [3.8, 4) is 0 Å². The molecule has 2 rings (SSSR count). The highest BCUT2D eigenvalue weighted by Gasteiger charge is 2.28. The highest BCUT2D eigenvalue weighted by atomic mass is 16.5. The summed E-state index contributed by atoms with van der Waals surface area (Å²) in [5.41, 5.74) is 2.74. The van der Waals surface area contributed by atoms with Gasteiger partial charge in [-0.05, 0) is 38.3 Å². The zero-order chi connectivity index (χ0) is 18.1. The lowest BCUT2D eigenvalue weighted by molar-refractivity contribution is -0.00834. The first-order valence-electron chi connectivity index (χ1n) is 9.48. The molecule has 1 aromatic rings. The van der Waals surface area contributed by atoms with Crippen molar-refractivity contribution >= 4 is 5.96 Å². The summed E-state index contributed by atoms with van der Waals surface area (Å²) < 4.78 is 5.47. The Balaban J connectivity index is 1.97. The SMILES string of the molecule is CCNC(=NCc1ccccc1CC)NCC(C)(C)N1CCOCC1. The van der Waals surface area contributed by atoms with Crippen LogP contribution < -0.4 is 10.6 Å². The summed E-state index contributed by atoms with van der Waals surface area (Å²) in [5, 5.41) is 6.88. The van der Waals surface area contributed by atoms with Gasteiger partial charge in [0.05, 0.1) is 19.8 Å². The molecule has 0 amide bonds. The van der Waals surface area contributed by atoms with Crippen molar-refractivity contribution < 1.29 is 4.74 Å². The number of nitrogens with one attached hydrogen (secondary N) is 2. The van der Waals surface area contributed by atoms with Crippen molar-refractivity contribution in [3.63, 3.8) is 0 Å². The lowest BCUT2D eigenvalue weighted by atomic mass is 10.0. The topological polar surface area (TPSA) is 48.9 Å². The van der Waals surface area contributed by atoms with Crippen LogP contribution in [0.2, 0.25) is 0 Å². The molecule has 1 saturated heterocycles. The highest BCUT2D eigenvalue weighted by molar-refractivity contribution is 5.79. The average Bonchev–Trinajstić information content (AvgIpc) is 2.65. The van der Waals surface area contributed by atoms with Crippen LogP contribution in [0.3, 0.4) is 0 Å². The fourth-order valence-electron chi connectivity index (χ4n) is 3.14. The minimum absolute atomic E-state index is 0.0707. The molecule has 0 bridgehead atoms. The van der Waals surface area contributed by atoms with Gasteiger partial charge in [-0.15, -0.1) is 0 Å². The summed E-state index contributed by atoms with van der Waals surface area (Å²) in [6.07, 6.45) is 1.04. The predicted octanol–water partition coefficient (Wildman–Crippen LogP) is 2.41. The van der Waals surface area contributed by atoms with Crippen LogP contribution in [-0.2, 0) is 17.7 Å². The van der Waals surface area contributed by atoms with Crippen LogP contribution in [0, 0.1) is 0 Å². The Morgan fingerprint density at radius 1 is 1.12 bits per heavy atom. The van der Waals surface area contributed by atoms with Crippen LogP contribution in [-0.4, -0.2) is 55.8 Å². The number of nitrogens with zero attached hydrogens (tertiary/aromatic N) is 2. The predicted molar refractivity (Wildman–Crippen MR) is 105 cm³/mol. The van der Waals surface area contributed by atoms with Crippen molar-refractivity contribution in [2.45, 2.75) is 46.2 Å². The van der Waals surface area contributed by atoms with Crippen LogP contribution in [0.1, 0.15) is 38.8 Å². The highest BCUT2D eigenvalue weighted by Crippen LogP contribution is 2.15. The second-order valence-corrected chi connectivity index (χ2v) is 7.08. The molecule has 1 fully saturated rings. The smallest absolute Gasteiger partial charge is 0.191 e. The molecule has 1 aliphatic heterocycles. The van der Waals surface area contributed by atoms with E-state index in [2.05, 4.69) is 67.5 Å². The molecule has 0 atom stereocenters. The number of morpholine rings is 1. The van der Waals surface area contributed by atoms with Crippen LogP contribution >= 0.6 is 0 Å². The largest absolute Gasteiger partial charge is 0.379 e. The van der Waals surface area contributed by atoms with Crippen LogP contribution in [0.25, 0.3) is 0 Å². The summed E-state index contributed by atoms with van der Waals surface area (Å²) in [6, 6.07) is 8.54. The second-order valence-electron chi connectivity index (χ2n) is 7.08. The normalized spacial score (nSPS) is 16.7. The van der Waals surface area contributed by atoms with Crippen LogP contribution in [0.5, 0.6) is 0 Å². The van der Waals surface area contributed by atoms with E-state index in [1.165, 1.54) is 11.1 Å². The number of hydrogen-bond acceptors (Lipinski definition) is 3. The third kappa shape index (κ3) is 6.01. The molecule has 25 heavy (non-hydrogen) atoms. The Kier molecular flexibility index (Phi) is 7.72. The quantitative estimate of drug-likeness (QED) is 0.588. The molecule has 1 heterocycles. The molecule has 0 saturated carbocycles. The number of guanidine groups is 1. The maximum Gasteiger partial charge on any atom is 0.191 e. The molecule has 0 aromatic heterocycles. The second kappa shape index (κ2) is 9.78. The van der Waals surface area contributed by atoms with E-state index in [0.29, 0.717) is 6.54 Å². The molecule has 0 aliphatic carbocycles. The van der Waals surface area contributed by atoms with E-state index in [-0.39, 0.29) is 5.54 Å². The Bertz CT molecular complexity index is 550. The number of aliphatic imine (C=N–C) groups is 1. The van der Waals surface area contributed by atoms with Crippen molar-refractivity contribution in [2.75, 3.05) is 39.4 Å². The first-order chi connectivity index (χ1) is 12.1. The van der Waals surface area contributed by atoms with E-state index in [0.717, 1.165) is 51.8 Å². The van der Waals surface area contributed by atoms with E-state index in [1.54, 1.807) is 0 Å². The van der Waals surface area contributed by atoms with Crippen LogP contribution in [0.4, 0.5) is 0 Å². The molecule has 0 spiro atoms. The van der Waals surface area contributed by atoms with Gasteiger partial charge in [0, 0.05) is 31.7 Å². The fourth-order valence-corrected chi connectivity index (χ4v) is 3.14. The summed E-state index contributed by atoms with van der Waals surface area (Å²) in [6.45, 7) is 14.9. The molecule has 2 N–H and O–H groups in total. The van der Waals surface area contributed by atoms with Gasteiger partial charge in [0.1, 0.15) is 0 Å². The van der Waals surface area contributed by atoms with Crippen molar-refractivity contribution in [1.29, 1.82) is 0 Å². The molecule has 1 aliphatic rings. The molecular weight excluding hydrogens is 312 g/mol. The van der Waals surface area contributed by atoms with E-state index >= 15 is 0 Å². The van der Waals surface area contributed by atoms with Gasteiger partial charge in [0.25, 0.3) is 0 Å². The third-order valence-electron chi connectivity index (χ3n) is 4.81. The zero-order valence-corrected chi connectivity index (χ0v) is 16.3. The van der Waals surface area contributed by atoms with Crippen molar-refractivity contribution in [2.24, 2.45) is 4.99 Å². The minimum Gasteiger partial charge on any atom is -0.379 e. The van der Waals surface area contributed by atoms with Gasteiger partial charge in [-0.2, -0.15) is 0 Å². The lowest BCUT2D eigenvalue weighted by Crippen LogP contribution is -2.56. The van der Waals surface area contributed by atoms with E-state index in [9.17, 15) is 0 Å². The number of ether oxygens (including phenoxy) is 1. The fraction of sp³-hybridized carbons (Fsp3) is 0.650. The third-order valence-corrected chi connectivity index (χ3v) is 4.81. The van der Waals surface area contributed by atoms with Crippen LogP contribution in [0.15, 0.2) is 29.3 Å². The first-order valence-corrected chi connectivity index (χ1v) is 9.48. The maximum absolute atomic E-state index is 5.47. The van der Waals surface area contributed by atoms with Crippen molar-refractivity contribution in [3.05, 3.63) is 35.4 Å². The molecule has 5 nitrogen and oxygen atoms in total. The standard InChI is InChI=1S/C20H34N4O/c1-5-17-9-7-8-10-18(17)15-22-19(21-6-2)23-16-20(3,4)24-11-13-25-14-12-24/h7-10H,5-6,11-16H2,1-4H3,(H2,21,22,23). The summed E-state index contributed by atoms with van der Waals surface area (Å²) in [4.78, 5) is 7.28. The molecular formula is C20H34N4O. The van der Waals surface area contributed by atoms with E-state index < -0.39 is 0 Å².